The number of esters is 1. The maximum absolute atomic E-state index is 12.4. The normalized spacial score (nSPS) is 23.7. The maximum atomic E-state index is 12.4. The topological polar surface area (TPSA) is 48.0 Å². The Balaban J connectivity index is 1.86. The standard InChI is InChI=1S/C18H27NO4/c1-5-11-18(2,19(3)4)17(20)22-13-15-12-21-16(23-15)14-9-7-6-8-10-14/h6-10,15-16H,5,11-13H2,1-4H3. The summed E-state index contributed by atoms with van der Waals surface area (Å²) >= 11 is 0. The van der Waals surface area contributed by atoms with E-state index in [1.165, 1.54) is 0 Å². The number of ether oxygens (including phenoxy) is 3. The summed E-state index contributed by atoms with van der Waals surface area (Å²) in [6, 6.07) is 9.77. The zero-order chi connectivity index (χ0) is 16.9. The van der Waals surface area contributed by atoms with Crippen LogP contribution in [-0.2, 0) is 19.0 Å². The summed E-state index contributed by atoms with van der Waals surface area (Å²) in [5, 5.41) is 0. The van der Waals surface area contributed by atoms with Crippen LogP contribution in [0, 0.1) is 0 Å². The number of nitrogens with zero attached hydrogens (tertiary/aromatic N) is 1. The number of benzene rings is 1. The van der Waals surface area contributed by atoms with Crippen LogP contribution >= 0.6 is 0 Å². The lowest BCUT2D eigenvalue weighted by atomic mass is 9.95. The molecular formula is C18H27NO4. The first kappa shape index (κ1) is 17.9. The summed E-state index contributed by atoms with van der Waals surface area (Å²) < 4.78 is 17.0. The van der Waals surface area contributed by atoms with Gasteiger partial charge in [-0.1, -0.05) is 43.7 Å². The molecular weight excluding hydrogens is 294 g/mol. The van der Waals surface area contributed by atoms with E-state index < -0.39 is 5.54 Å². The molecule has 23 heavy (non-hydrogen) atoms. The lowest BCUT2D eigenvalue weighted by Crippen LogP contribution is -2.50. The van der Waals surface area contributed by atoms with Crippen molar-refractivity contribution in [3.05, 3.63) is 35.9 Å². The van der Waals surface area contributed by atoms with Gasteiger partial charge in [0.05, 0.1) is 6.61 Å². The quantitative estimate of drug-likeness (QED) is 0.723. The van der Waals surface area contributed by atoms with Gasteiger partial charge in [0.15, 0.2) is 6.29 Å². The SMILES string of the molecule is CCCC(C)(C(=O)OCC1COC(c2ccccc2)O1)N(C)C. The molecule has 128 valence electrons. The number of carbonyl (C=O) groups excluding carboxylic acids is 1. The summed E-state index contributed by atoms with van der Waals surface area (Å²) in [5.74, 6) is -0.212. The van der Waals surface area contributed by atoms with E-state index >= 15 is 0 Å². The molecule has 1 heterocycles. The number of hydrogen-bond acceptors (Lipinski definition) is 5. The molecule has 1 aliphatic heterocycles. The average Bonchev–Trinajstić information content (AvgIpc) is 3.02. The van der Waals surface area contributed by atoms with Crippen molar-refractivity contribution in [2.24, 2.45) is 0 Å². The molecule has 0 aromatic heterocycles. The van der Waals surface area contributed by atoms with E-state index in [9.17, 15) is 4.79 Å². The third kappa shape index (κ3) is 4.31. The highest BCUT2D eigenvalue weighted by Gasteiger charge is 2.37. The molecule has 1 aromatic carbocycles. The van der Waals surface area contributed by atoms with E-state index in [0.29, 0.717) is 6.61 Å². The van der Waals surface area contributed by atoms with Crippen LogP contribution in [-0.4, -0.2) is 49.8 Å². The van der Waals surface area contributed by atoms with E-state index in [0.717, 1.165) is 18.4 Å². The van der Waals surface area contributed by atoms with Gasteiger partial charge in [-0.05, 0) is 27.4 Å². The van der Waals surface area contributed by atoms with Gasteiger partial charge in [0, 0.05) is 5.56 Å². The predicted molar refractivity (Wildman–Crippen MR) is 88.0 cm³/mol. The summed E-state index contributed by atoms with van der Waals surface area (Å²) in [5.41, 5.74) is 0.373. The Bertz CT molecular complexity index is 505. The van der Waals surface area contributed by atoms with Gasteiger partial charge in [0.25, 0.3) is 0 Å². The monoisotopic (exact) mass is 321 g/mol. The Morgan fingerprint density at radius 2 is 2.04 bits per heavy atom. The molecule has 0 N–H and O–H groups in total. The number of carbonyl (C=O) groups is 1. The first-order valence-corrected chi connectivity index (χ1v) is 8.14. The smallest absolute Gasteiger partial charge is 0.326 e. The minimum Gasteiger partial charge on any atom is -0.461 e. The van der Waals surface area contributed by atoms with Crippen molar-refractivity contribution in [1.82, 2.24) is 4.90 Å². The first-order chi connectivity index (χ1) is 11.0. The van der Waals surface area contributed by atoms with Crippen molar-refractivity contribution < 1.29 is 19.0 Å². The molecule has 5 nitrogen and oxygen atoms in total. The number of likely N-dealkylation sites (N-methyl/N-ethyl adjacent to an activating group) is 1. The van der Waals surface area contributed by atoms with E-state index in [2.05, 4.69) is 6.92 Å². The van der Waals surface area contributed by atoms with Crippen LogP contribution in [0.25, 0.3) is 0 Å². The highest BCUT2D eigenvalue weighted by atomic mass is 16.7. The van der Waals surface area contributed by atoms with Gasteiger partial charge in [-0.3, -0.25) is 9.69 Å². The molecule has 0 amide bonds. The van der Waals surface area contributed by atoms with Crippen molar-refractivity contribution in [2.45, 2.75) is 44.6 Å². The van der Waals surface area contributed by atoms with Crippen LogP contribution in [0.5, 0.6) is 0 Å². The molecule has 0 radical (unpaired) electrons. The van der Waals surface area contributed by atoms with Crippen LogP contribution in [0.4, 0.5) is 0 Å². The zero-order valence-corrected chi connectivity index (χ0v) is 14.5. The van der Waals surface area contributed by atoms with Crippen molar-refractivity contribution in [2.75, 3.05) is 27.3 Å². The van der Waals surface area contributed by atoms with Gasteiger partial charge in [-0.2, -0.15) is 0 Å². The highest BCUT2D eigenvalue weighted by molar-refractivity contribution is 5.80. The second kappa shape index (κ2) is 7.90. The third-order valence-corrected chi connectivity index (χ3v) is 4.39. The van der Waals surface area contributed by atoms with Crippen molar-refractivity contribution in [3.63, 3.8) is 0 Å². The molecule has 3 unspecified atom stereocenters. The van der Waals surface area contributed by atoms with Crippen LogP contribution in [0.15, 0.2) is 30.3 Å². The number of rotatable bonds is 7. The highest BCUT2D eigenvalue weighted by Crippen LogP contribution is 2.27. The van der Waals surface area contributed by atoms with Gasteiger partial charge < -0.3 is 14.2 Å². The molecule has 1 aromatic rings. The van der Waals surface area contributed by atoms with Gasteiger partial charge in [-0.15, -0.1) is 0 Å². The Labute approximate surface area is 138 Å². The third-order valence-electron chi connectivity index (χ3n) is 4.39. The Kier molecular flexibility index (Phi) is 6.16. The molecule has 0 spiro atoms. The molecule has 0 bridgehead atoms. The molecule has 3 atom stereocenters. The van der Waals surface area contributed by atoms with Gasteiger partial charge in [-0.25, -0.2) is 0 Å². The second-order valence-electron chi connectivity index (χ2n) is 6.35. The summed E-state index contributed by atoms with van der Waals surface area (Å²) in [6.45, 7) is 4.62. The summed E-state index contributed by atoms with van der Waals surface area (Å²) in [4.78, 5) is 14.4. The van der Waals surface area contributed by atoms with E-state index in [1.807, 2.05) is 56.3 Å². The van der Waals surface area contributed by atoms with Gasteiger partial charge in [0.1, 0.15) is 18.2 Å². The Hall–Kier alpha value is -1.43. The molecule has 1 saturated heterocycles. The maximum Gasteiger partial charge on any atom is 0.326 e. The fourth-order valence-corrected chi connectivity index (χ4v) is 2.64. The van der Waals surface area contributed by atoms with Crippen LogP contribution < -0.4 is 0 Å². The zero-order valence-electron chi connectivity index (χ0n) is 14.5. The van der Waals surface area contributed by atoms with Crippen molar-refractivity contribution in [1.29, 1.82) is 0 Å². The molecule has 5 heteroatoms. The van der Waals surface area contributed by atoms with Gasteiger partial charge >= 0.3 is 5.97 Å². The molecule has 2 rings (SSSR count). The predicted octanol–water partition coefficient (Wildman–Crippen LogP) is 2.76. The average molecular weight is 321 g/mol. The van der Waals surface area contributed by atoms with E-state index in [4.69, 9.17) is 14.2 Å². The Morgan fingerprint density at radius 1 is 1.35 bits per heavy atom. The van der Waals surface area contributed by atoms with Crippen LogP contribution in [0.1, 0.15) is 38.5 Å². The van der Waals surface area contributed by atoms with Crippen LogP contribution in [0.2, 0.25) is 0 Å². The lowest BCUT2D eigenvalue weighted by molar-refractivity contribution is -0.160. The second-order valence-corrected chi connectivity index (χ2v) is 6.35. The lowest BCUT2D eigenvalue weighted by Gasteiger charge is -2.34. The van der Waals surface area contributed by atoms with E-state index in [-0.39, 0.29) is 25.0 Å². The Morgan fingerprint density at radius 3 is 2.65 bits per heavy atom. The molecule has 0 saturated carbocycles. The van der Waals surface area contributed by atoms with Gasteiger partial charge in [0.2, 0.25) is 0 Å². The van der Waals surface area contributed by atoms with Crippen molar-refractivity contribution in [3.8, 4) is 0 Å². The summed E-state index contributed by atoms with van der Waals surface area (Å²) in [6.07, 6.45) is 1.07. The summed E-state index contributed by atoms with van der Waals surface area (Å²) in [7, 11) is 3.80. The molecule has 0 aliphatic carbocycles. The van der Waals surface area contributed by atoms with Crippen molar-refractivity contribution >= 4 is 5.97 Å². The number of hydrogen-bond donors (Lipinski definition) is 0. The molecule has 1 fully saturated rings. The largest absolute Gasteiger partial charge is 0.461 e. The minimum atomic E-state index is -0.604. The minimum absolute atomic E-state index is 0.212. The fourth-order valence-electron chi connectivity index (χ4n) is 2.64. The van der Waals surface area contributed by atoms with E-state index in [1.54, 1.807) is 0 Å². The first-order valence-electron chi connectivity index (χ1n) is 8.14. The molecule has 1 aliphatic rings. The fraction of sp³-hybridized carbons (Fsp3) is 0.611. The van der Waals surface area contributed by atoms with Crippen LogP contribution in [0.3, 0.4) is 0 Å².